The molecule has 2 rings (SSSR count). The van der Waals surface area contributed by atoms with Gasteiger partial charge in [0.05, 0.1) is 19.2 Å². The van der Waals surface area contributed by atoms with Crippen molar-refractivity contribution >= 4 is 17.4 Å². The molecule has 0 fully saturated rings. The van der Waals surface area contributed by atoms with E-state index in [4.69, 9.17) is 21.1 Å². The Balaban J connectivity index is 2.50. The third-order valence-electron chi connectivity index (χ3n) is 2.79. The summed E-state index contributed by atoms with van der Waals surface area (Å²) >= 11 is 5.94. The van der Waals surface area contributed by atoms with E-state index < -0.39 is 11.6 Å². The maximum Gasteiger partial charge on any atom is 0.194 e. The van der Waals surface area contributed by atoms with E-state index in [9.17, 15) is 9.18 Å². The average molecular weight is 295 g/mol. The molecule has 2 aromatic carbocycles. The highest BCUT2D eigenvalue weighted by Crippen LogP contribution is 2.26. The van der Waals surface area contributed by atoms with Gasteiger partial charge < -0.3 is 9.47 Å². The summed E-state index contributed by atoms with van der Waals surface area (Å²) in [5.41, 5.74) is 0.413. The molecule has 104 valence electrons. The first-order valence-electron chi connectivity index (χ1n) is 5.78. The highest BCUT2D eigenvalue weighted by molar-refractivity contribution is 6.35. The van der Waals surface area contributed by atoms with Gasteiger partial charge in [0.1, 0.15) is 17.3 Å². The normalized spacial score (nSPS) is 10.2. The summed E-state index contributed by atoms with van der Waals surface area (Å²) in [6, 6.07) is 8.39. The van der Waals surface area contributed by atoms with E-state index in [0.717, 1.165) is 6.07 Å². The van der Waals surface area contributed by atoms with Crippen LogP contribution in [-0.2, 0) is 0 Å². The number of carbonyl (C=O) groups is 1. The number of hydrogen-bond acceptors (Lipinski definition) is 3. The van der Waals surface area contributed by atoms with Crippen molar-refractivity contribution in [3.63, 3.8) is 0 Å². The number of rotatable bonds is 4. The number of methoxy groups -OCH3 is 2. The Kier molecular flexibility index (Phi) is 4.25. The van der Waals surface area contributed by atoms with Crippen LogP contribution in [0.3, 0.4) is 0 Å². The molecule has 0 aliphatic carbocycles. The molecule has 0 spiro atoms. The van der Waals surface area contributed by atoms with Gasteiger partial charge >= 0.3 is 0 Å². The van der Waals surface area contributed by atoms with Crippen LogP contribution < -0.4 is 9.47 Å². The van der Waals surface area contributed by atoms with Gasteiger partial charge in [-0.15, -0.1) is 0 Å². The van der Waals surface area contributed by atoms with Crippen LogP contribution in [-0.4, -0.2) is 20.0 Å². The first-order valence-corrected chi connectivity index (χ1v) is 6.15. The molecule has 0 bridgehead atoms. The van der Waals surface area contributed by atoms with Crippen LogP contribution in [0.25, 0.3) is 0 Å². The first-order chi connectivity index (χ1) is 9.55. The number of halogens is 2. The monoisotopic (exact) mass is 294 g/mol. The lowest BCUT2D eigenvalue weighted by Crippen LogP contribution is -2.04. The second-order valence-electron chi connectivity index (χ2n) is 4.05. The standard InChI is InChI=1S/C15H12ClFO3/c1-19-11-5-9(6-12(8-11)20-2)15(18)13-7-10(17)3-4-14(13)16/h3-8H,1-2H3. The van der Waals surface area contributed by atoms with Crippen molar-refractivity contribution in [1.29, 1.82) is 0 Å². The predicted octanol–water partition coefficient (Wildman–Crippen LogP) is 3.73. The first kappa shape index (κ1) is 14.3. The van der Waals surface area contributed by atoms with Gasteiger partial charge in [0.15, 0.2) is 5.78 Å². The lowest BCUT2D eigenvalue weighted by Gasteiger charge is -2.09. The fourth-order valence-corrected chi connectivity index (χ4v) is 1.97. The summed E-state index contributed by atoms with van der Waals surface area (Å²) in [7, 11) is 2.97. The Morgan fingerprint density at radius 3 is 2.20 bits per heavy atom. The topological polar surface area (TPSA) is 35.5 Å². The summed E-state index contributed by atoms with van der Waals surface area (Å²) in [5.74, 6) is 0.0276. The van der Waals surface area contributed by atoms with E-state index in [-0.39, 0.29) is 10.6 Å². The zero-order chi connectivity index (χ0) is 14.7. The molecule has 20 heavy (non-hydrogen) atoms. The third kappa shape index (κ3) is 2.91. The van der Waals surface area contributed by atoms with Gasteiger partial charge in [-0.3, -0.25) is 4.79 Å². The minimum absolute atomic E-state index is 0.0990. The molecule has 0 aliphatic rings. The molecule has 5 heteroatoms. The molecule has 3 nitrogen and oxygen atoms in total. The lowest BCUT2D eigenvalue weighted by atomic mass is 10.0. The quantitative estimate of drug-likeness (QED) is 0.806. The molecular weight excluding hydrogens is 283 g/mol. The molecule has 0 aliphatic heterocycles. The Morgan fingerprint density at radius 1 is 1.05 bits per heavy atom. The Morgan fingerprint density at radius 2 is 1.65 bits per heavy atom. The molecule has 0 heterocycles. The summed E-state index contributed by atoms with van der Waals surface area (Å²) in [6.45, 7) is 0. The maximum atomic E-state index is 13.3. The Bertz CT molecular complexity index is 633. The van der Waals surface area contributed by atoms with Crippen molar-refractivity contribution in [3.8, 4) is 11.5 Å². The zero-order valence-electron chi connectivity index (χ0n) is 10.9. The van der Waals surface area contributed by atoms with Gasteiger partial charge in [-0.25, -0.2) is 4.39 Å². The third-order valence-corrected chi connectivity index (χ3v) is 3.12. The van der Waals surface area contributed by atoms with E-state index in [1.54, 1.807) is 18.2 Å². The fourth-order valence-electron chi connectivity index (χ4n) is 1.77. The lowest BCUT2D eigenvalue weighted by molar-refractivity contribution is 0.103. The van der Waals surface area contributed by atoms with Crippen LogP contribution in [0.15, 0.2) is 36.4 Å². The Labute approximate surface area is 120 Å². The zero-order valence-corrected chi connectivity index (χ0v) is 11.7. The SMILES string of the molecule is COc1cc(OC)cc(C(=O)c2cc(F)ccc2Cl)c1. The molecule has 0 radical (unpaired) electrons. The highest BCUT2D eigenvalue weighted by atomic mass is 35.5. The molecule has 0 atom stereocenters. The van der Waals surface area contributed by atoms with Crippen LogP contribution >= 0.6 is 11.6 Å². The molecular formula is C15H12ClFO3. The molecule has 0 unspecified atom stereocenters. The fraction of sp³-hybridized carbons (Fsp3) is 0.133. The van der Waals surface area contributed by atoms with E-state index in [0.29, 0.717) is 17.1 Å². The number of carbonyl (C=O) groups excluding carboxylic acids is 1. The molecule has 0 N–H and O–H groups in total. The maximum absolute atomic E-state index is 13.3. The number of ether oxygens (including phenoxy) is 2. The van der Waals surface area contributed by atoms with Crippen LogP contribution in [0, 0.1) is 5.82 Å². The molecule has 0 saturated heterocycles. The van der Waals surface area contributed by atoms with Crippen molar-refractivity contribution in [2.24, 2.45) is 0 Å². The van der Waals surface area contributed by atoms with Crippen molar-refractivity contribution in [2.75, 3.05) is 14.2 Å². The second kappa shape index (κ2) is 5.92. The van der Waals surface area contributed by atoms with Crippen molar-refractivity contribution < 1.29 is 18.7 Å². The van der Waals surface area contributed by atoms with E-state index in [1.807, 2.05) is 0 Å². The van der Waals surface area contributed by atoms with Crippen LogP contribution in [0.1, 0.15) is 15.9 Å². The molecule has 0 amide bonds. The summed E-state index contributed by atoms with van der Waals surface area (Å²) in [5, 5.41) is 0.193. The van der Waals surface area contributed by atoms with Gasteiger partial charge in [-0.05, 0) is 30.3 Å². The summed E-state index contributed by atoms with van der Waals surface area (Å²) in [4.78, 5) is 12.4. The van der Waals surface area contributed by atoms with Crippen molar-refractivity contribution in [3.05, 3.63) is 58.4 Å². The number of hydrogen-bond donors (Lipinski definition) is 0. The molecule has 0 aromatic heterocycles. The number of benzene rings is 2. The highest BCUT2D eigenvalue weighted by Gasteiger charge is 2.16. The smallest absolute Gasteiger partial charge is 0.194 e. The van der Waals surface area contributed by atoms with Gasteiger partial charge in [0.25, 0.3) is 0 Å². The van der Waals surface area contributed by atoms with Gasteiger partial charge in [-0.2, -0.15) is 0 Å². The van der Waals surface area contributed by atoms with Gasteiger partial charge in [0.2, 0.25) is 0 Å². The summed E-state index contributed by atoms with van der Waals surface area (Å²) < 4.78 is 23.5. The van der Waals surface area contributed by atoms with Crippen molar-refractivity contribution in [1.82, 2.24) is 0 Å². The van der Waals surface area contributed by atoms with E-state index >= 15 is 0 Å². The molecule has 0 saturated carbocycles. The van der Waals surface area contributed by atoms with Gasteiger partial charge in [0, 0.05) is 17.2 Å². The number of ketones is 1. The van der Waals surface area contributed by atoms with Crippen LogP contribution in [0.2, 0.25) is 5.02 Å². The average Bonchev–Trinajstić information content (AvgIpc) is 2.48. The van der Waals surface area contributed by atoms with Gasteiger partial charge in [-0.1, -0.05) is 11.6 Å². The Hall–Kier alpha value is -2.07. The predicted molar refractivity (Wildman–Crippen MR) is 74.4 cm³/mol. The van der Waals surface area contributed by atoms with Crippen LogP contribution in [0.4, 0.5) is 4.39 Å². The van der Waals surface area contributed by atoms with Crippen LogP contribution in [0.5, 0.6) is 11.5 Å². The largest absolute Gasteiger partial charge is 0.497 e. The molecule has 2 aromatic rings. The minimum atomic E-state index is -0.521. The summed E-state index contributed by atoms with van der Waals surface area (Å²) in [6.07, 6.45) is 0. The van der Waals surface area contributed by atoms with E-state index in [1.165, 1.54) is 26.4 Å². The van der Waals surface area contributed by atoms with E-state index in [2.05, 4.69) is 0 Å². The second-order valence-corrected chi connectivity index (χ2v) is 4.46. The van der Waals surface area contributed by atoms with Crippen molar-refractivity contribution in [2.45, 2.75) is 0 Å². The minimum Gasteiger partial charge on any atom is -0.497 e.